The molecule has 0 unspecified atom stereocenters. The van der Waals surface area contributed by atoms with Crippen molar-refractivity contribution >= 4 is 5.97 Å². The Kier molecular flexibility index (Phi) is 13.3. The number of hydrogen-bond donors (Lipinski definition) is 1. The molecule has 0 bridgehead atoms. The van der Waals surface area contributed by atoms with Crippen LogP contribution < -0.4 is 23.7 Å². The van der Waals surface area contributed by atoms with E-state index in [0.717, 1.165) is 22.3 Å². The first-order chi connectivity index (χ1) is 28.4. The molecule has 0 saturated carbocycles. The van der Waals surface area contributed by atoms with Crippen LogP contribution in [0.5, 0.6) is 28.7 Å². The first-order valence-electron chi connectivity index (χ1n) is 17.8. The van der Waals surface area contributed by atoms with Crippen molar-refractivity contribution in [2.75, 3.05) is 0 Å². The van der Waals surface area contributed by atoms with Crippen molar-refractivity contribution in [3.63, 3.8) is 0 Å². The number of carbonyl (C=O) groups is 1. The van der Waals surface area contributed by atoms with Crippen LogP contribution in [0, 0.1) is 0 Å². The Labute approximate surface area is 335 Å². The van der Waals surface area contributed by atoms with Crippen molar-refractivity contribution in [3.05, 3.63) is 209 Å². The minimum Gasteiger partial charge on any atom is -0.489 e. The summed E-state index contributed by atoms with van der Waals surface area (Å²) >= 11 is 0. The third-order valence-corrected chi connectivity index (χ3v) is 9.27. The van der Waals surface area contributed by atoms with E-state index in [1.165, 1.54) is 36.4 Å². The van der Waals surface area contributed by atoms with Gasteiger partial charge < -0.3 is 28.8 Å². The summed E-state index contributed by atoms with van der Waals surface area (Å²) in [5.74, 6) is 0.551. The summed E-state index contributed by atoms with van der Waals surface area (Å²) < 4.78 is 103. The molecule has 0 aliphatic rings. The van der Waals surface area contributed by atoms with Gasteiger partial charge in [-0.3, -0.25) is 0 Å². The van der Waals surface area contributed by atoms with Crippen molar-refractivity contribution < 1.29 is 59.9 Å². The Bertz CT molecular complexity index is 2270. The number of carboxylic acids is 1. The van der Waals surface area contributed by atoms with Crippen molar-refractivity contribution in [2.45, 2.75) is 32.2 Å². The maximum absolute atomic E-state index is 13.1. The minimum atomic E-state index is -2.55. The predicted molar refractivity (Wildman–Crippen MR) is 206 cm³/mol. The lowest BCUT2D eigenvalue weighted by atomic mass is 9.71. The molecule has 7 nitrogen and oxygen atoms in total. The Hall–Kier alpha value is -7.15. The molecule has 0 atom stereocenters. The van der Waals surface area contributed by atoms with Gasteiger partial charge in [0.25, 0.3) is 0 Å². The highest BCUT2D eigenvalue weighted by molar-refractivity contribution is 5.87. The van der Waals surface area contributed by atoms with Crippen LogP contribution in [0.4, 0.5) is 26.3 Å². The lowest BCUT2D eigenvalue weighted by Crippen LogP contribution is -2.25. The van der Waals surface area contributed by atoms with E-state index in [-0.39, 0.29) is 36.9 Å². The second kappa shape index (κ2) is 18.9. The van der Waals surface area contributed by atoms with E-state index in [1.807, 2.05) is 72.8 Å². The fraction of sp³-hybridized carbons (Fsp3) is 0.109. The van der Waals surface area contributed by atoms with E-state index in [2.05, 4.69) is 16.4 Å². The summed E-state index contributed by atoms with van der Waals surface area (Å²) in [6.45, 7) is 2.60. The normalized spacial score (nSPS) is 11.0. The van der Waals surface area contributed by atoms with Gasteiger partial charge in [0.2, 0.25) is 0 Å². The van der Waals surface area contributed by atoms with Crippen LogP contribution >= 0.6 is 0 Å². The van der Waals surface area contributed by atoms with E-state index < -0.39 is 35.6 Å². The first kappa shape index (κ1) is 41.5. The average Bonchev–Trinajstić information content (AvgIpc) is 3.25. The zero-order valence-corrected chi connectivity index (χ0v) is 31.1. The van der Waals surface area contributed by atoms with Crippen LogP contribution in [-0.4, -0.2) is 11.1 Å². The maximum Gasteiger partial charge on any atom is 0.344 e. The summed E-state index contributed by atoms with van der Waals surface area (Å²) in [5.41, 5.74) is 4.45. The molecule has 0 saturated heterocycles. The number of rotatable bonds is 17. The second-order valence-electron chi connectivity index (χ2n) is 13.1. The summed E-state index contributed by atoms with van der Waals surface area (Å²) in [6, 6.07) is 37.0. The molecule has 0 spiro atoms. The molecule has 0 aromatic heterocycles. The molecule has 1 N–H and O–H groups in total. The molecular weight excluding hydrogens is 778 g/mol. The number of ether oxygens (including phenoxy) is 5. The summed E-state index contributed by atoms with van der Waals surface area (Å²) in [7, 11) is 0. The monoisotopic (exact) mass is 812 g/mol. The van der Waals surface area contributed by atoms with E-state index in [4.69, 9.17) is 14.2 Å². The molecule has 0 aliphatic heterocycles. The Morgan fingerprint density at radius 2 is 0.712 bits per heavy atom. The lowest BCUT2D eigenvalue weighted by Gasteiger charge is -2.32. The predicted octanol–water partition coefficient (Wildman–Crippen LogP) is 12.3. The smallest absolute Gasteiger partial charge is 0.344 e. The molecule has 6 aromatic rings. The van der Waals surface area contributed by atoms with E-state index in [9.17, 15) is 36.2 Å². The molecular formula is C46H34F6O7. The van der Waals surface area contributed by atoms with Gasteiger partial charge in [-0.15, -0.1) is 0 Å². The summed E-state index contributed by atoms with van der Waals surface area (Å²) in [4.78, 5) is 11.2. The molecule has 0 fully saturated rings. The van der Waals surface area contributed by atoms with Crippen LogP contribution in [0.1, 0.15) is 50.7 Å². The Morgan fingerprint density at radius 3 is 0.983 bits per heavy atom. The quantitative estimate of drug-likeness (QED) is 0.0558. The third-order valence-electron chi connectivity index (χ3n) is 9.27. The number of halogens is 6. The second-order valence-corrected chi connectivity index (χ2v) is 13.1. The van der Waals surface area contributed by atoms with Gasteiger partial charge in [0.05, 0.1) is 5.56 Å². The topological polar surface area (TPSA) is 83.5 Å². The molecule has 302 valence electrons. The molecule has 0 heterocycles. The molecule has 0 aliphatic carbocycles. The van der Waals surface area contributed by atoms with Gasteiger partial charge in [-0.05, 0) is 113 Å². The van der Waals surface area contributed by atoms with Crippen LogP contribution in [0.25, 0.3) is 0 Å². The SMILES string of the molecule is CC(c1ccc(OCc2ccc(OC(F)=C(F)F)cc2)cc1)(c1ccc(OCc2ccc(OC(F)=C(F)F)cc2)cc1)c1ccc(OCc2ccc(C(=O)O)cc2)cc1. The van der Waals surface area contributed by atoms with Gasteiger partial charge >= 0.3 is 30.2 Å². The van der Waals surface area contributed by atoms with E-state index in [1.54, 1.807) is 36.4 Å². The Morgan fingerprint density at radius 1 is 0.441 bits per heavy atom. The van der Waals surface area contributed by atoms with Crippen molar-refractivity contribution in [3.8, 4) is 28.7 Å². The zero-order chi connectivity index (χ0) is 41.9. The first-order valence-corrected chi connectivity index (χ1v) is 17.8. The number of carboxylic acid groups (broad SMARTS) is 1. The fourth-order valence-corrected chi connectivity index (χ4v) is 5.99. The Balaban J connectivity index is 1.18. The van der Waals surface area contributed by atoms with Crippen molar-refractivity contribution in [2.24, 2.45) is 0 Å². The van der Waals surface area contributed by atoms with Gasteiger partial charge in [0.15, 0.2) is 0 Å². The third kappa shape index (κ3) is 10.8. The number of aromatic carboxylic acids is 1. The summed E-state index contributed by atoms with van der Waals surface area (Å²) in [5, 5.41) is 9.18. The molecule has 6 aromatic carbocycles. The highest BCUT2D eigenvalue weighted by atomic mass is 19.3. The fourth-order valence-electron chi connectivity index (χ4n) is 5.99. The van der Waals surface area contributed by atoms with E-state index in [0.29, 0.717) is 28.4 Å². The van der Waals surface area contributed by atoms with Crippen LogP contribution in [0.15, 0.2) is 170 Å². The molecule has 6 rings (SSSR count). The number of benzene rings is 6. The van der Waals surface area contributed by atoms with Gasteiger partial charge in [-0.1, -0.05) is 72.8 Å². The van der Waals surface area contributed by atoms with Crippen LogP contribution in [-0.2, 0) is 25.2 Å². The maximum atomic E-state index is 13.1. The van der Waals surface area contributed by atoms with Crippen molar-refractivity contribution in [1.82, 2.24) is 0 Å². The highest BCUT2D eigenvalue weighted by Gasteiger charge is 2.31. The van der Waals surface area contributed by atoms with Crippen LogP contribution in [0.2, 0.25) is 0 Å². The van der Waals surface area contributed by atoms with Gasteiger partial charge in [-0.2, -0.15) is 26.3 Å². The highest BCUT2D eigenvalue weighted by Crippen LogP contribution is 2.41. The largest absolute Gasteiger partial charge is 0.489 e. The molecule has 59 heavy (non-hydrogen) atoms. The molecule has 0 amide bonds. The van der Waals surface area contributed by atoms with Crippen LogP contribution in [0.3, 0.4) is 0 Å². The zero-order valence-electron chi connectivity index (χ0n) is 31.1. The standard InChI is InChI=1S/C46H34F6O7/c1-46(33-10-20-36(21-11-33)55-26-29-2-8-32(9-3-29)45(53)54,34-12-22-37(23-13-34)56-27-30-4-16-39(17-5-30)58-43(51)41(47)48)35-14-24-38(25-15-35)57-28-31-6-18-40(19-7-31)59-44(52)42(49)50/h2-25H,26-28H2,1H3,(H,53,54). The summed E-state index contributed by atoms with van der Waals surface area (Å²) in [6.07, 6.45) is -5.10. The molecule has 13 heteroatoms. The average molecular weight is 813 g/mol. The van der Waals surface area contributed by atoms with Crippen molar-refractivity contribution in [1.29, 1.82) is 0 Å². The van der Waals surface area contributed by atoms with Gasteiger partial charge in [-0.25, -0.2) is 4.79 Å². The lowest BCUT2D eigenvalue weighted by molar-refractivity contribution is 0.0696. The molecule has 0 radical (unpaired) electrons. The minimum absolute atomic E-state index is 0.0849. The van der Waals surface area contributed by atoms with Gasteiger partial charge in [0.1, 0.15) is 48.6 Å². The van der Waals surface area contributed by atoms with E-state index >= 15 is 0 Å². The van der Waals surface area contributed by atoms with Gasteiger partial charge in [0, 0.05) is 5.41 Å². The number of hydrogen-bond acceptors (Lipinski definition) is 6.